The van der Waals surface area contributed by atoms with Crippen LogP contribution in [0.4, 0.5) is 0 Å². The van der Waals surface area contributed by atoms with Gasteiger partial charge in [0.1, 0.15) is 0 Å². The molecule has 0 radical (unpaired) electrons. The number of fused-ring (bicyclic) bond motifs is 1. The Hall–Kier alpha value is -1.23. The van der Waals surface area contributed by atoms with Crippen LogP contribution in [0.2, 0.25) is 0 Å². The van der Waals surface area contributed by atoms with Gasteiger partial charge in [-0.3, -0.25) is 4.79 Å². The van der Waals surface area contributed by atoms with Gasteiger partial charge < -0.3 is 14.6 Å². The predicted molar refractivity (Wildman–Crippen MR) is 65.7 cm³/mol. The molecule has 1 atom stereocenters. The van der Waals surface area contributed by atoms with Gasteiger partial charge in [0, 0.05) is 0 Å². The van der Waals surface area contributed by atoms with E-state index in [1.165, 1.54) is 0 Å². The van der Waals surface area contributed by atoms with Gasteiger partial charge in [-0.2, -0.15) is 0 Å². The van der Waals surface area contributed by atoms with Crippen molar-refractivity contribution in [2.75, 3.05) is 6.79 Å². The van der Waals surface area contributed by atoms with E-state index in [0.717, 1.165) is 22.0 Å². The van der Waals surface area contributed by atoms with Crippen LogP contribution in [0.1, 0.15) is 30.9 Å². The Morgan fingerprint density at radius 3 is 2.88 bits per heavy atom. The second-order valence-corrected chi connectivity index (χ2v) is 4.70. The summed E-state index contributed by atoms with van der Waals surface area (Å²) in [5, 5.41) is 9.11. The maximum Gasteiger partial charge on any atom is 0.310 e. The summed E-state index contributed by atoms with van der Waals surface area (Å²) < 4.78 is 11.5. The summed E-state index contributed by atoms with van der Waals surface area (Å²) in [5.41, 5.74) is 1.74. The molecule has 1 aromatic rings. The van der Waals surface area contributed by atoms with Gasteiger partial charge in [-0.25, -0.2) is 0 Å². The molecule has 0 spiro atoms. The summed E-state index contributed by atoms with van der Waals surface area (Å²) in [6, 6.07) is 1.77. The second kappa shape index (κ2) is 4.56. The molecule has 2 rings (SSSR count). The van der Waals surface area contributed by atoms with Gasteiger partial charge in [-0.1, -0.05) is 6.92 Å². The van der Waals surface area contributed by atoms with Gasteiger partial charge in [0.2, 0.25) is 6.79 Å². The van der Waals surface area contributed by atoms with E-state index in [4.69, 9.17) is 14.6 Å². The Morgan fingerprint density at radius 1 is 1.59 bits per heavy atom. The summed E-state index contributed by atoms with van der Waals surface area (Å²) in [4.78, 5) is 11.1. The minimum atomic E-state index is -0.842. The smallest absolute Gasteiger partial charge is 0.310 e. The molecule has 0 bridgehead atoms. The standard InChI is InChI=1S/C12H13BrO4/c1-3-7-8(6(2)12(14)15)4-9-11(10(7)13)17-5-16-9/h4,6H,3,5H2,1-2H3,(H,14,15). The molecule has 92 valence electrons. The zero-order valence-electron chi connectivity index (χ0n) is 9.62. The van der Waals surface area contributed by atoms with Gasteiger partial charge in [-0.05, 0) is 46.5 Å². The molecule has 17 heavy (non-hydrogen) atoms. The van der Waals surface area contributed by atoms with Crippen LogP contribution in [0.15, 0.2) is 10.5 Å². The number of carbonyl (C=O) groups is 1. The first-order valence-electron chi connectivity index (χ1n) is 5.40. The van der Waals surface area contributed by atoms with E-state index < -0.39 is 11.9 Å². The fourth-order valence-corrected chi connectivity index (χ4v) is 2.76. The first kappa shape index (κ1) is 12.2. The van der Waals surface area contributed by atoms with Crippen molar-refractivity contribution < 1.29 is 19.4 Å². The molecule has 0 saturated heterocycles. The molecule has 0 saturated carbocycles. The largest absolute Gasteiger partial charge is 0.481 e. The van der Waals surface area contributed by atoms with Gasteiger partial charge in [0.15, 0.2) is 11.5 Å². The minimum Gasteiger partial charge on any atom is -0.481 e. The van der Waals surface area contributed by atoms with Gasteiger partial charge in [0.25, 0.3) is 0 Å². The number of aliphatic carboxylic acids is 1. The monoisotopic (exact) mass is 300 g/mol. The van der Waals surface area contributed by atoms with Crippen molar-refractivity contribution in [2.24, 2.45) is 0 Å². The van der Waals surface area contributed by atoms with Crippen molar-refractivity contribution in [2.45, 2.75) is 26.2 Å². The molecule has 4 nitrogen and oxygen atoms in total. The lowest BCUT2D eigenvalue weighted by atomic mass is 9.94. The average Bonchev–Trinajstić information content (AvgIpc) is 2.76. The molecule has 0 aromatic heterocycles. The summed E-state index contributed by atoms with van der Waals surface area (Å²) >= 11 is 3.46. The fraction of sp³-hybridized carbons (Fsp3) is 0.417. The number of halogens is 1. The molecule has 0 amide bonds. The van der Waals surface area contributed by atoms with E-state index in [1.54, 1.807) is 13.0 Å². The van der Waals surface area contributed by atoms with Crippen LogP contribution in [0.25, 0.3) is 0 Å². The fourth-order valence-electron chi connectivity index (χ4n) is 1.94. The second-order valence-electron chi connectivity index (χ2n) is 3.91. The molecule has 5 heteroatoms. The van der Waals surface area contributed by atoms with E-state index in [1.807, 2.05) is 6.92 Å². The number of carboxylic acids is 1. The first-order chi connectivity index (χ1) is 8.06. The number of hydrogen-bond acceptors (Lipinski definition) is 3. The summed E-state index contributed by atoms with van der Waals surface area (Å²) in [5.74, 6) is -0.124. The highest BCUT2D eigenvalue weighted by Crippen LogP contribution is 2.44. The van der Waals surface area contributed by atoms with Crippen molar-refractivity contribution in [1.29, 1.82) is 0 Å². The Kier molecular flexibility index (Phi) is 3.28. The topological polar surface area (TPSA) is 55.8 Å². The molecule has 1 heterocycles. The summed E-state index contributed by atoms with van der Waals surface area (Å²) in [7, 11) is 0. The highest BCUT2D eigenvalue weighted by Gasteiger charge is 2.26. The normalized spacial score (nSPS) is 14.8. The maximum absolute atomic E-state index is 11.1. The molecule has 0 fully saturated rings. The molecule has 1 N–H and O–H groups in total. The van der Waals surface area contributed by atoms with E-state index in [9.17, 15) is 4.79 Å². The number of rotatable bonds is 3. The van der Waals surface area contributed by atoms with Crippen LogP contribution in [-0.4, -0.2) is 17.9 Å². The zero-order valence-corrected chi connectivity index (χ0v) is 11.2. The predicted octanol–water partition coefficient (Wildman–Crippen LogP) is 2.93. The Balaban J connectivity index is 2.59. The van der Waals surface area contributed by atoms with Crippen LogP contribution in [-0.2, 0) is 11.2 Å². The van der Waals surface area contributed by atoms with Crippen molar-refractivity contribution in [3.8, 4) is 11.5 Å². The Bertz CT molecular complexity index is 470. The number of benzene rings is 1. The first-order valence-corrected chi connectivity index (χ1v) is 6.19. The van der Waals surface area contributed by atoms with E-state index >= 15 is 0 Å². The SMILES string of the molecule is CCc1c(C(C)C(=O)O)cc2c(c1Br)OCO2. The highest BCUT2D eigenvalue weighted by molar-refractivity contribution is 9.10. The lowest BCUT2D eigenvalue weighted by Gasteiger charge is -2.15. The van der Waals surface area contributed by atoms with Crippen molar-refractivity contribution >= 4 is 21.9 Å². The number of hydrogen-bond donors (Lipinski definition) is 1. The Labute approximate surface area is 108 Å². The van der Waals surface area contributed by atoms with Crippen molar-refractivity contribution in [3.63, 3.8) is 0 Å². The van der Waals surface area contributed by atoms with Crippen molar-refractivity contribution in [3.05, 3.63) is 21.7 Å². The van der Waals surface area contributed by atoms with E-state index in [0.29, 0.717) is 11.5 Å². The third-order valence-corrected chi connectivity index (χ3v) is 3.77. The lowest BCUT2D eigenvalue weighted by Crippen LogP contribution is -2.10. The Morgan fingerprint density at radius 2 is 2.29 bits per heavy atom. The molecular weight excluding hydrogens is 288 g/mol. The van der Waals surface area contributed by atoms with E-state index in [-0.39, 0.29) is 6.79 Å². The van der Waals surface area contributed by atoms with Crippen LogP contribution >= 0.6 is 15.9 Å². The third-order valence-electron chi connectivity index (χ3n) is 2.93. The highest BCUT2D eigenvalue weighted by atomic mass is 79.9. The molecular formula is C12H13BrO4. The average molecular weight is 301 g/mol. The third kappa shape index (κ3) is 1.99. The number of carboxylic acid groups (broad SMARTS) is 1. The number of ether oxygens (including phenoxy) is 2. The maximum atomic E-state index is 11.1. The minimum absolute atomic E-state index is 0.183. The summed E-state index contributed by atoms with van der Waals surface area (Å²) in [6.45, 7) is 3.84. The van der Waals surface area contributed by atoms with Crippen LogP contribution in [0.3, 0.4) is 0 Å². The van der Waals surface area contributed by atoms with Crippen molar-refractivity contribution in [1.82, 2.24) is 0 Å². The van der Waals surface area contributed by atoms with Crippen LogP contribution in [0.5, 0.6) is 11.5 Å². The lowest BCUT2D eigenvalue weighted by molar-refractivity contribution is -0.138. The van der Waals surface area contributed by atoms with Crippen LogP contribution < -0.4 is 9.47 Å². The molecule has 1 aromatic carbocycles. The molecule has 1 unspecified atom stereocenters. The van der Waals surface area contributed by atoms with Gasteiger partial charge in [0.05, 0.1) is 10.4 Å². The van der Waals surface area contributed by atoms with Gasteiger partial charge in [-0.15, -0.1) is 0 Å². The van der Waals surface area contributed by atoms with Crippen LogP contribution in [0, 0.1) is 0 Å². The molecule has 1 aliphatic rings. The quantitative estimate of drug-likeness (QED) is 0.932. The molecule has 0 aliphatic carbocycles. The van der Waals surface area contributed by atoms with Gasteiger partial charge >= 0.3 is 5.97 Å². The molecule has 1 aliphatic heterocycles. The zero-order chi connectivity index (χ0) is 12.6. The van der Waals surface area contributed by atoms with E-state index in [2.05, 4.69) is 15.9 Å². The summed E-state index contributed by atoms with van der Waals surface area (Å²) in [6.07, 6.45) is 0.740.